The van der Waals surface area contributed by atoms with Crippen molar-refractivity contribution in [3.63, 3.8) is 0 Å². The Hall–Kier alpha value is -8.24. The molecule has 0 aliphatic rings. The molecule has 0 aliphatic heterocycles. The van der Waals surface area contributed by atoms with Gasteiger partial charge in [-0.25, -0.2) is 14.4 Å². The second-order valence-corrected chi connectivity index (χ2v) is 26.7. The highest BCUT2D eigenvalue weighted by atomic mass is 16.5. The number of rotatable bonds is 76. The van der Waals surface area contributed by atoms with Crippen LogP contribution in [0.5, 0.6) is 0 Å². The molecule has 107 heavy (non-hydrogen) atoms. The van der Waals surface area contributed by atoms with Crippen LogP contribution in [-0.4, -0.2) is 227 Å². The maximum Gasteiger partial charge on any atom is 0.326 e. The van der Waals surface area contributed by atoms with Crippen molar-refractivity contribution in [1.29, 1.82) is 0 Å². The highest BCUT2D eigenvalue weighted by molar-refractivity contribution is 6.07. The zero-order valence-electron chi connectivity index (χ0n) is 62.5. The normalized spacial score (nSPS) is 12.7. The Morgan fingerprint density at radius 3 is 0.888 bits per heavy atom. The molecule has 0 spiro atoms. The third-order valence-electron chi connectivity index (χ3n) is 17.4. The summed E-state index contributed by atoms with van der Waals surface area (Å²) in [6.45, 7) is -2.05. The minimum atomic E-state index is -2.65. The number of aliphatic carboxylic acids is 7. The van der Waals surface area contributed by atoms with Gasteiger partial charge in [0.15, 0.2) is 17.6 Å². The van der Waals surface area contributed by atoms with Crippen molar-refractivity contribution in [2.45, 2.75) is 299 Å². The molecule has 0 fully saturated rings. The Balaban J connectivity index is 4.76. The molecule has 0 radical (unpaired) electrons. The lowest BCUT2D eigenvalue weighted by molar-refractivity contribution is -0.144. The summed E-state index contributed by atoms with van der Waals surface area (Å²) in [7, 11) is 0. The zero-order chi connectivity index (χ0) is 79.7. The van der Waals surface area contributed by atoms with Gasteiger partial charge >= 0.3 is 41.8 Å². The average molecular weight is 1530 g/mol. The first-order chi connectivity index (χ1) is 51.2. The molecule has 14 N–H and O–H groups in total. The Kier molecular flexibility index (Phi) is 59.9. The monoisotopic (exact) mass is 1530 g/mol. The third kappa shape index (κ3) is 58.5. The van der Waals surface area contributed by atoms with Gasteiger partial charge in [0.1, 0.15) is 37.4 Å². The van der Waals surface area contributed by atoms with Gasteiger partial charge in [-0.1, -0.05) is 154 Å². The van der Waals surface area contributed by atoms with Gasteiger partial charge in [-0.3, -0.25) is 57.5 Å². The number of carbonyl (C=O) groups is 16. The summed E-state index contributed by atoms with van der Waals surface area (Å²) in [4.78, 5) is 196. The Morgan fingerprint density at radius 1 is 0.290 bits per heavy atom. The molecule has 0 bridgehead atoms. The fourth-order valence-corrected chi connectivity index (χ4v) is 11.2. The van der Waals surface area contributed by atoms with Gasteiger partial charge in [-0.05, 0) is 57.8 Å². The van der Waals surface area contributed by atoms with Crippen LogP contribution in [0.15, 0.2) is 0 Å². The highest BCUT2D eigenvalue weighted by Crippen LogP contribution is 2.20. The van der Waals surface area contributed by atoms with E-state index in [9.17, 15) is 102 Å². The van der Waals surface area contributed by atoms with Crippen molar-refractivity contribution >= 4 is 95.2 Å². The van der Waals surface area contributed by atoms with Gasteiger partial charge < -0.3 is 96.7 Å². The van der Waals surface area contributed by atoms with Gasteiger partial charge in [-0.2, -0.15) is 0 Å². The molecule has 0 heterocycles. The van der Waals surface area contributed by atoms with Crippen LogP contribution < -0.4 is 37.2 Å². The molecule has 612 valence electrons. The number of carbonyl (C=O) groups excluding carboxylic acids is 9. The van der Waals surface area contributed by atoms with E-state index in [2.05, 4.69) is 37.2 Å². The number of nitrogens with one attached hydrogen (secondary N) is 7. The van der Waals surface area contributed by atoms with Crippen LogP contribution in [0, 0.1) is 0 Å². The van der Waals surface area contributed by atoms with Crippen LogP contribution in [0.1, 0.15) is 270 Å². The van der Waals surface area contributed by atoms with Gasteiger partial charge in [0.05, 0.1) is 39.6 Å². The number of carboxylic acid groups (broad SMARTS) is 7. The summed E-state index contributed by atoms with van der Waals surface area (Å²) >= 11 is 0. The fourth-order valence-electron chi connectivity index (χ4n) is 11.2. The molecule has 0 aliphatic carbocycles. The van der Waals surface area contributed by atoms with Gasteiger partial charge in [0.25, 0.3) is 0 Å². The third-order valence-corrected chi connectivity index (χ3v) is 17.4. The van der Waals surface area contributed by atoms with Crippen molar-refractivity contribution in [2.24, 2.45) is 0 Å². The van der Waals surface area contributed by atoms with Gasteiger partial charge in [0.2, 0.25) is 41.4 Å². The van der Waals surface area contributed by atoms with Crippen LogP contribution in [-0.2, 0) is 95.7 Å². The topological polar surface area (TPSA) is 536 Å². The lowest BCUT2D eigenvalue weighted by Gasteiger charge is -2.30. The summed E-state index contributed by atoms with van der Waals surface area (Å²) in [5, 5.41) is 81.9. The number of ether oxygens (including phenoxy) is 4. The number of hydrogen-bond acceptors (Lipinski definition) is 20. The molecular weight excluding hydrogens is 1410 g/mol. The lowest BCUT2D eigenvalue weighted by Crippen LogP contribution is -2.61. The second-order valence-electron chi connectivity index (χ2n) is 26.7. The SMILES string of the molecule is O=C[C@](CCC(=O)O)(NC(=O)[C@H](CCC(=O)O)NC(=O)COCCOCCNC(=O)CC[C@H](NC(=O)CCCCCCCCCCCCCCCCC(=O)O)C(=O)O)C(=O)CC[C@H](NC(=O)COCCOCCNC(=O)CC[C@H](NC(=O)CCCCCCCCCCCCCCCCC(=O)O)C(=O)O)C(=O)O. The maximum absolute atomic E-state index is 13.7. The molecule has 34 heteroatoms. The quantitative estimate of drug-likeness (QED) is 0.0194. The van der Waals surface area contributed by atoms with E-state index in [0.717, 1.165) is 135 Å². The van der Waals surface area contributed by atoms with E-state index in [0.29, 0.717) is 12.8 Å². The first-order valence-corrected chi connectivity index (χ1v) is 38.1. The smallest absolute Gasteiger partial charge is 0.326 e. The number of carboxylic acids is 7. The van der Waals surface area contributed by atoms with E-state index in [4.69, 9.17) is 29.2 Å². The van der Waals surface area contributed by atoms with Crippen LogP contribution in [0.3, 0.4) is 0 Å². The first kappa shape index (κ1) is 98.8. The fraction of sp³-hybridized carbons (Fsp3) is 0.781. The largest absolute Gasteiger partial charge is 0.481 e. The second kappa shape index (κ2) is 64.9. The van der Waals surface area contributed by atoms with Crippen LogP contribution in [0.2, 0.25) is 0 Å². The van der Waals surface area contributed by atoms with E-state index in [1.54, 1.807) is 0 Å². The summed E-state index contributed by atoms with van der Waals surface area (Å²) in [5.74, 6) is -14.9. The van der Waals surface area contributed by atoms with E-state index >= 15 is 0 Å². The molecule has 0 rings (SSSR count). The number of hydrogen-bond donors (Lipinski definition) is 14. The number of aldehydes is 1. The van der Waals surface area contributed by atoms with Crippen LogP contribution >= 0.6 is 0 Å². The molecule has 0 unspecified atom stereocenters. The summed E-state index contributed by atoms with van der Waals surface area (Å²) in [5.41, 5.74) is -2.65. The van der Waals surface area contributed by atoms with Crippen molar-refractivity contribution < 1.29 is 131 Å². The van der Waals surface area contributed by atoms with Gasteiger partial charge in [0, 0.05) is 70.9 Å². The Bertz CT molecular complexity index is 2650. The van der Waals surface area contributed by atoms with E-state index in [1.165, 1.54) is 32.1 Å². The van der Waals surface area contributed by atoms with Crippen LogP contribution in [0.4, 0.5) is 0 Å². The zero-order valence-corrected chi connectivity index (χ0v) is 62.5. The first-order valence-electron chi connectivity index (χ1n) is 38.1. The molecule has 34 nitrogen and oxygen atoms in total. The number of Topliss-reactive ketones (excluding diaryl/α,β-unsaturated/α-hetero) is 1. The molecule has 0 saturated heterocycles. The van der Waals surface area contributed by atoms with Gasteiger partial charge in [-0.15, -0.1) is 0 Å². The van der Waals surface area contributed by atoms with Crippen molar-refractivity contribution in [3.05, 3.63) is 0 Å². The molecule has 0 aromatic heterocycles. The standard InChI is InChI=1S/C73H123N7O27/c81-53-73(42-41-68(95)96,58(82)37-33-55(70(98)99)79-64(88)52-107-50-48-105-46-44-75-60(84)39-35-57(72(102)103)78-62(86)30-26-22-18-14-10-6-2-4-8-12-16-20-24-28-32-66(91)92)80-69(97)54(36-40-67(93)94)76-63(87)51-106-49-47-104-45-43-74-59(83)38-34-56(71(100)101)77-61(85)29-25-21-17-13-9-5-1-3-7-11-15-19-23-27-31-65(89)90/h53-57H,1-52H2,(H,74,83)(H,75,84)(H,76,87)(H,77,85)(H,78,86)(H,79,88)(H,80,97)(H,89,90)(H,91,92)(H,93,94)(H,95,96)(H,98,99)(H,100,101)(H,102,103)/t54-,55-,56-,57-,73-/m0/s1. The molecular formula is C73H123N7O27. The molecule has 5 atom stereocenters. The minimum Gasteiger partial charge on any atom is -0.481 e. The predicted molar refractivity (Wildman–Crippen MR) is 386 cm³/mol. The predicted octanol–water partition coefficient (Wildman–Crippen LogP) is 5.82. The van der Waals surface area contributed by atoms with Crippen molar-refractivity contribution in [1.82, 2.24) is 37.2 Å². The number of amides is 7. The molecule has 0 aromatic rings. The summed E-state index contributed by atoms with van der Waals surface area (Å²) < 4.78 is 21.3. The van der Waals surface area contributed by atoms with Crippen molar-refractivity contribution in [2.75, 3.05) is 65.9 Å². The van der Waals surface area contributed by atoms with E-state index in [1.807, 2.05) is 0 Å². The number of ketones is 1. The Labute approximate surface area is 626 Å². The Morgan fingerprint density at radius 2 is 0.570 bits per heavy atom. The van der Waals surface area contributed by atoms with Crippen LogP contribution in [0.25, 0.3) is 0 Å². The molecule has 0 saturated carbocycles. The number of unbranched alkanes of at least 4 members (excludes halogenated alkanes) is 26. The lowest BCUT2D eigenvalue weighted by atomic mass is 9.86. The van der Waals surface area contributed by atoms with E-state index < -0.39 is 170 Å². The summed E-state index contributed by atoms with van der Waals surface area (Å²) in [6, 6.07) is -6.06. The average Bonchev–Trinajstić information content (AvgIpc) is 0.818. The van der Waals surface area contributed by atoms with E-state index in [-0.39, 0.29) is 110 Å². The molecule has 0 aromatic carbocycles. The van der Waals surface area contributed by atoms with Crippen molar-refractivity contribution in [3.8, 4) is 0 Å². The maximum atomic E-state index is 13.7. The summed E-state index contributed by atoms with van der Waals surface area (Å²) in [6.07, 6.45) is 23.9. The molecule has 7 amide bonds. The highest BCUT2D eigenvalue weighted by Gasteiger charge is 2.42. The minimum absolute atomic E-state index is 0.00315.